The standard InChI is InChI=1S/C32H35N5O4/c1-21-5-7-22(8-6-21)30(29-26-19-23(32(40)41-4)9-14-27(26)34-31(29)39)33-24-10-12-25(13-11-24)36(3)28(38)20-37-17-15-35(2)16-18-37/h5-14,19,33H,15-18,20H2,1-4H3,(H,34,39)/b30-29-. The summed E-state index contributed by atoms with van der Waals surface area (Å²) in [4.78, 5) is 44.6. The Balaban J connectivity index is 1.43. The Hall–Kier alpha value is -4.47. The second-order valence-corrected chi connectivity index (χ2v) is 10.5. The molecule has 0 radical (unpaired) electrons. The highest BCUT2D eigenvalue weighted by atomic mass is 16.5. The number of carbonyl (C=O) groups is 3. The van der Waals surface area contributed by atoms with Crippen molar-refractivity contribution in [1.29, 1.82) is 0 Å². The van der Waals surface area contributed by atoms with Crippen molar-refractivity contribution in [3.8, 4) is 0 Å². The summed E-state index contributed by atoms with van der Waals surface area (Å²) < 4.78 is 4.90. The Labute approximate surface area is 240 Å². The normalized spacial score (nSPS) is 16.5. The van der Waals surface area contributed by atoms with Gasteiger partial charge in [0.1, 0.15) is 0 Å². The molecule has 1 saturated heterocycles. The van der Waals surface area contributed by atoms with E-state index in [2.05, 4.69) is 27.5 Å². The molecule has 0 saturated carbocycles. The first-order valence-corrected chi connectivity index (χ1v) is 13.6. The van der Waals surface area contributed by atoms with E-state index >= 15 is 0 Å². The first-order chi connectivity index (χ1) is 19.7. The number of amides is 2. The van der Waals surface area contributed by atoms with Gasteiger partial charge in [0.25, 0.3) is 5.91 Å². The molecular weight excluding hydrogens is 518 g/mol. The van der Waals surface area contributed by atoms with Gasteiger partial charge in [-0.05, 0) is 62.0 Å². The van der Waals surface area contributed by atoms with Crippen molar-refractivity contribution >= 4 is 46.1 Å². The van der Waals surface area contributed by atoms with Crippen LogP contribution in [0.1, 0.15) is 27.0 Å². The number of nitrogens with zero attached hydrogens (tertiary/aromatic N) is 3. The lowest BCUT2D eigenvalue weighted by molar-refractivity contribution is -0.119. The number of anilines is 3. The number of likely N-dealkylation sites (N-methyl/N-ethyl adjacent to an activating group) is 2. The van der Waals surface area contributed by atoms with Crippen LogP contribution in [0.2, 0.25) is 0 Å². The molecule has 0 aliphatic carbocycles. The number of benzene rings is 3. The van der Waals surface area contributed by atoms with Crippen LogP contribution in [-0.2, 0) is 14.3 Å². The van der Waals surface area contributed by atoms with Crippen molar-refractivity contribution in [1.82, 2.24) is 9.80 Å². The zero-order valence-corrected chi connectivity index (χ0v) is 23.9. The van der Waals surface area contributed by atoms with E-state index in [1.54, 1.807) is 30.1 Å². The molecule has 0 spiro atoms. The van der Waals surface area contributed by atoms with E-state index in [4.69, 9.17) is 4.74 Å². The highest BCUT2D eigenvalue weighted by Gasteiger charge is 2.29. The van der Waals surface area contributed by atoms with Crippen molar-refractivity contribution in [2.45, 2.75) is 6.92 Å². The summed E-state index contributed by atoms with van der Waals surface area (Å²) in [7, 11) is 5.22. The van der Waals surface area contributed by atoms with Crippen molar-refractivity contribution in [2.24, 2.45) is 0 Å². The van der Waals surface area contributed by atoms with E-state index in [0.29, 0.717) is 34.6 Å². The summed E-state index contributed by atoms with van der Waals surface area (Å²) in [5, 5.41) is 6.35. The minimum absolute atomic E-state index is 0.0402. The van der Waals surface area contributed by atoms with Crippen LogP contribution in [0, 0.1) is 6.92 Å². The van der Waals surface area contributed by atoms with Crippen LogP contribution in [0.3, 0.4) is 0 Å². The zero-order valence-electron chi connectivity index (χ0n) is 23.9. The lowest BCUT2D eigenvalue weighted by atomic mass is 9.98. The minimum Gasteiger partial charge on any atom is -0.465 e. The molecule has 3 aromatic rings. The van der Waals surface area contributed by atoms with E-state index in [1.807, 2.05) is 55.5 Å². The summed E-state index contributed by atoms with van der Waals surface area (Å²) in [5.74, 6) is -0.701. The van der Waals surface area contributed by atoms with Crippen molar-refractivity contribution in [3.63, 3.8) is 0 Å². The van der Waals surface area contributed by atoms with Crippen LogP contribution in [0.15, 0.2) is 66.7 Å². The van der Waals surface area contributed by atoms with Crippen LogP contribution in [0.5, 0.6) is 0 Å². The number of nitrogens with one attached hydrogen (secondary N) is 2. The lowest BCUT2D eigenvalue weighted by Crippen LogP contribution is -2.48. The van der Waals surface area contributed by atoms with Crippen molar-refractivity contribution < 1.29 is 19.1 Å². The van der Waals surface area contributed by atoms with Gasteiger partial charge in [-0.3, -0.25) is 14.5 Å². The smallest absolute Gasteiger partial charge is 0.337 e. The minimum atomic E-state index is -0.474. The molecule has 2 aliphatic heterocycles. The fourth-order valence-corrected chi connectivity index (χ4v) is 5.02. The SMILES string of the molecule is COC(=O)c1ccc2c(c1)/C(=C(/Nc1ccc(N(C)C(=O)CN3CCN(C)CC3)cc1)c1ccc(C)cc1)C(=O)N2. The molecule has 0 aromatic heterocycles. The molecule has 2 N–H and O–H groups in total. The van der Waals surface area contributed by atoms with E-state index in [1.165, 1.54) is 7.11 Å². The second-order valence-electron chi connectivity index (χ2n) is 10.5. The molecule has 2 aliphatic rings. The number of ether oxygens (including phenoxy) is 1. The number of rotatable bonds is 7. The van der Waals surface area contributed by atoms with E-state index in [0.717, 1.165) is 48.7 Å². The van der Waals surface area contributed by atoms with Crippen molar-refractivity contribution in [3.05, 3.63) is 89.0 Å². The predicted molar refractivity (Wildman–Crippen MR) is 162 cm³/mol. The molecule has 2 amide bonds. The third-order valence-electron chi connectivity index (χ3n) is 7.63. The number of carbonyl (C=O) groups excluding carboxylic acids is 3. The second kappa shape index (κ2) is 12.0. The summed E-state index contributed by atoms with van der Waals surface area (Å²) >= 11 is 0. The highest BCUT2D eigenvalue weighted by Crippen LogP contribution is 2.38. The van der Waals surface area contributed by atoms with Gasteiger partial charge in [0.05, 0.1) is 30.5 Å². The molecule has 0 unspecified atom stereocenters. The van der Waals surface area contributed by atoms with Crippen LogP contribution < -0.4 is 15.5 Å². The number of hydrogen-bond acceptors (Lipinski definition) is 7. The number of methoxy groups -OCH3 is 1. The monoisotopic (exact) mass is 553 g/mol. The number of aryl methyl sites for hydroxylation is 1. The maximum Gasteiger partial charge on any atom is 0.337 e. The quantitative estimate of drug-likeness (QED) is 0.338. The molecule has 1 fully saturated rings. The predicted octanol–water partition coefficient (Wildman–Crippen LogP) is 3.92. The Kier molecular flexibility index (Phi) is 8.19. The lowest BCUT2D eigenvalue weighted by Gasteiger charge is -2.32. The molecule has 0 bridgehead atoms. The molecule has 3 aromatic carbocycles. The number of hydrogen-bond donors (Lipinski definition) is 2. The third-order valence-corrected chi connectivity index (χ3v) is 7.63. The van der Waals surface area contributed by atoms with Gasteiger partial charge in [-0.1, -0.05) is 29.8 Å². The average Bonchev–Trinajstić information content (AvgIpc) is 3.31. The van der Waals surface area contributed by atoms with Gasteiger partial charge in [-0.2, -0.15) is 0 Å². The summed E-state index contributed by atoms with van der Waals surface area (Å²) in [6.45, 7) is 6.08. The van der Waals surface area contributed by atoms with Gasteiger partial charge >= 0.3 is 5.97 Å². The molecule has 5 rings (SSSR count). The van der Waals surface area contributed by atoms with Crippen LogP contribution >= 0.6 is 0 Å². The van der Waals surface area contributed by atoms with Crippen LogP contribution in [0.25, 0.3) is 11.3 Å². The summed E-state index contributed by atoms with van der Waals surface area (Å²) in [6, 6.07) is 20.5. The maximum absolute atomic E-state index is 13.3. The van der Waals surface area contributed by atoms with E-state index in [9.17, 15) is 14.4 Å². The highest BCUT2D eigenvalue weighted by molar-refractivity contribution is 6.37. The molecular formula is C32H35N5O4. The van der Waals surface area contributed by atoms with Crippen LogP contribution in [0.4, 0.5) is 17.1 Å². The Morgan fingerprint density at radius 3 is 2.27 bits per heavy atom. The van der Waals surface area contributed by atoms with Gasteiger partial charge in [0.2, 0.25) is 5.91 Å². The topological polar surface area (TPSA) is 94.2 Å². The first-order valence-electron chi connectivity index (χ1n) is 13.6. The van der Waals surface area contributed by atoms with Gasteiger partial charge in [-0.25, -0.2) is 4.79 Å². The van der Waals surface area contributed by atoms with E-state index in [-0.39, 0.29) is 11.8 Å². The fourth-order valence-electron chi connectivity index (χ4n) is 5.02. The van der Waals surface area contributed by atoms with Gasteiger partial charge < -0.3 is 25.2 Å². The Morgan fingerprint density at radius 1 is 0.951 bits per heavy atom. The van der Waals surface area contributed by atoms with Gasteiger partial charge in [0, 0.05) is 55.9 Å². The first kappa shape index (κ1) is 28.1. The third kappa shape index (κ3) is 6.16. The van der Waals surface area contributed by atoms with Gasteiger partial charge in [-0.15, -0.1) is 0 Å². The Morgan fingerprint density at radius 2 is 1.61 bits per heavy atom. The fraction of sp³-hybridized carbons (Fsp3) is 0.281. The zero-order chi connectivity index (χ0) is 29.1. The molecule has 212 valence electrons. The average molecular weight is 554 g/mol. The molecule has 9 nitrogen and oxygen atoms in total. The van der Waals surface area contributed by atoms with E-state index < -0.39 is 5.97 Å². The number of fused-ring (bicyclic) bond motifs is 1. The largest absolute Gasteiger partial charge is 0.465 e. The number of piperazine rings is 1. The van der Waals surface area contributed by atoms with Crippen LogP contribution in [-0.4, -0.2) is 81.5 Å². The molecule has 2 heterocycles. The molecule has 41 heavy (non-hydrogen) atoms. The van der Waals surface area contributed by atoms with Gasteiger partial charge in [0.15, 0.2) is 0 Å². The molecule has 0 atom stereocenters. The summed E-state index contributed by atoms with van der Waals surface area (Å²) in [6.07, 6.45) is 0. The maximum atomic E-state index is 13.3. The Bertz CT molecular complexity index is 1490. The molecule has 9 heteroatoms. The number of esters is 1. The van der Waals surface area contributed by atoms with Crippen molar-refractivity contribution in [2.75, 3.05) is 69.5 Å². The summed E-state index contributed by atoms with van der Waals surface area (Å²) in [5.41, 5.74) is 6.09.